The van der Waals surface area contributed by atoms with Gasteiger partial charge in [0.05, 0.1) is 0 Å². The van der Waals surface area contributed by atoms with Crippen LogP contribution in [0, 0.1) is 0 Å². The Morgan fingerprint density at radius 3 is 2.87 bits per heavy atom. The Hall–Kier alpha value is -1.85. The summed E-state index contributed by atoms with van der Waals surface area (Å²) in [6.07, 6.45) is 3.97. The minimum atomic E-state index is 0.394. The van der Waals surface area contributed by atoms with Crippen LogP contribution in [-0.4, -0.2) is 33.0 Å². The highest BCUT2D eigenvalue weighted by Gasteiger charge is 2.18. The summed E-state index contributed by atoms with van der Waals surface area (Å²) in [6.45, 7) is 2.09. The number of aromatic amines is 1. The van der Waals surface area contributed by atoms with Crippen molar-refractivity contribution in [1.82, 2.24) is 19.9 Å². The molecule has 3 N–H and O–H groups in total. The Morgan fingerprint density at radius 1 is 1.27 bits per heavy atom. The third-order valence-corrected chi connectivity index (χ3v) is 2.69. The zero-order valence-electron chi connectivity index (χ0n) is 8.27. The number of nitrogens with one attached hydrogen (secondary N) is 1. The van der Waals surface area contributed by atoms with E-state index in [1.165, 1.54) is 19.2 Å². The number of nitrogens with zero attached hydrogens (tertiary/aromatic N) is 4. The van der Waals surface area contributed by atoms with Crippen LogP contribution >= 0.6 is 0 Å². The lowest BCUT2D eigenvalue weighted by Crippen LogP contribution is -2.19. The molecular formula is C9H12N6. The molecule has 0 atom stereocenters. The Balaban J connectivity index is 2.16. The largest absolute Gasteiger partial charge is 0.369 e. The van der Waals surface area contributed by atoms with Crippen molar-refractivity contribution in [2.45, 2.75) is 12.8 Å². The second-order valence-electron chi connectivity index (χ2n) is 3.71. The number of anilines is 2. The molecule has 0 unspecified atom stereocenters. The minimum absolute atomic E-state index is 0.394. The number of nitrogen functional groups attached to an aromatic ring is 1. The quantitative estimate of drug-likeness (QED) is 0.708. The average Bonchev–Trinajstić information content (AvgIpc) is 2.82. The van der Waals surface area contributed by atoms with Crippen LogP contribution in [0.2, 0.25) is 0 Å². The summed E-state index contributed by atoms with van der Waals surface area (Å²) in [6, 6.07) is 0. The number of fused-ring (bicyclic) bond motifs is 1. The lowest BCUT2D eigenvalue weighted by molar-refractivity contribution is 0.936. The van der Waals surface area contributed by atoms with E-state index in [-0.39, 0.29) is 0 Å². The van der Waals surface area contributed by atoms with Crippen molar-refractivity contribution in [1.29, 1.82) is 0 Å². The van der Waals surface area contributed by atoms with Crippen LogP contribution in [0.1, 0.15) is 12.8 Å². The molecule has 0 saturated carbocycles. The van der Waals surface area contributed by atoms with Gasteiger partial charge in [0.2, 0.25) is 0 Å². The summed E-state index contributed by atoms with van der Waals surface area (Å²) in [5.74, 6) is 1.31. The predicted molar refractivity (Wildman–Crippen MR) is 57.5 cm³/mol. The maximum absolute atomic E-state index is 5.61. The van der Waals surface area contributed by atoms with E-state index < -0.39 is 0 Å². The highest BCUT2D eigenvalue weighted by molar-refractivity contribution is 5.84. The summed E-state index contributed by atoms with van der Waals surface area (Å²) in [4.78, 5) is 17.7. The number of imidazole rings is 1. The molecule has 78 valence electrons. The first-order valence-electron chi connectivity index (χ1n) is 5.06. The van der Waals surface area contributed by atoms with Crippen molar-refractivity contribution in [2.75, 3.05) is 23.7 Å². The normalized spacial score (nSPS) is 16.4. The molecule has 15 heavy (non-hydrogen) atoms. The van der Waals surface area contributed by atoms with Gasteiger partial charge < -0.3 is 15.6 Å². The summed E-state index contributed by atoms with van der Waals surface area (Å²) in [5.41, 5.74) is 7.09. The van der Waals surface area contributed by atoms with E-state index in [2.05, 4.69) is 24.8 Å². The van der Waals surface area contributed by atoms with Crippen molar-refractivity contribution in [2.24, 2.45) is 0 Å². The molecule has 3 rings (SSSR count). The Labute approximate surface area is 86.5 Å². The SMILES string of the molecule is Nc1nc2ncnc(N3CCCC3)c2[nH]1. The third-order valence-electron chi connectivity index (χ3n) is 2.69. The maximum Gasteiger partial charge on any atom is 0.200 e. The van der Waals surface area contributed by atoms with E-state index in [1.807, 2.05) is 0 Å². The molecule has 1 aliphatic heterocycles. The minimum Gasteiger partial charge on any atom is -0.369 e. The monoisotopic (exact) mass is 204 g/mol. The zero-order valence-corrected chi connectivity index (χ0v) is 8.27. The molecule has 1 aliphatic rings. The Morgan fingerprint density at radius 2 is 2.07 bits per heavy atom. The molecule has 0 aromatic carbocycles. The van der Waals surface area contributed by atoms with Crippen LogP contribution in [0.4, 0.5) is 11.8 Å². The van der Waals surface area contributed by atoms with Gasteiger partial charge in [-0.2, -0.15) is 4.98 Å². The highest BCUT2D eigenvalue weighted by atomic mass is 15.2. The lowest BCUT2D eigenvalue weighted by atomic mass is 10.4. The van der Waals surface area contributed by atoms with Crippen molar-refractivity contribution < 1.29 is 0 Å². The van der Waals surface area contributed by atoms with Crippen LogP contribution < -0.4 is 10.6 Å². The van der Waals surface area contributed by atoms with Crippen LogP contribution in [0.5, 0.6) is 0 Å². The summed E-state index contributed by atoms with van der Waals surface area (Å²) in [5, 5.41) is 0. The summed E-state index contributed by atoms with van der Waals surface area (Å²) >= 11 is 0. The Bertz CT molecular complexity index is 484. The molecule has 1 saturated heterocycles. The van der Waals surface area contributed by atoms with Gasteiger partial charge in [0.25, 0.3) is 0 Å². The van der Waals surface area contributed by atoms with Gasteiger partial charge >= 0.3 is 0 Å². The molecule has 6 nitrogen and oxygen atoms in total. The summed E-state index contributed by atoms with van der Waals surface area (Å²) in [7, 11) is 0. The fourth-order valence-electron chi connectivity index (χ4n) is 2.00. The fraction of sp³-hybridized carbons (Fsp3) is 0.444. The third kappa shape index (κ3) is 1.29. The van der Waals surface area contributed by atoms with E-state index in [9.17, 15) is 0 Å². The second-order valence-corrected chi connectivity index (χ2v) is 3.71. The van der Waals surface area contributed by atoms with Gasteiger partial charge in [-0.15, -0.1) is 0 Å². The zero-order chi connectivity index (χ0) is 10.3. The Kier molecular flexibility index (Phi) is 1.74. The molecule has 2 aromatic rings. The average molecular weight is 204 g/mol. The van der Waals surface area contributed by atoms with Crippen LogP contribution in [-0.2, 0) is 0 Å². The number of hydrogen-bond donors (Lipinski definition) is 2. The molecule has 1 fully saturated rings. The summed E-state index contributed by atoms with van der Waals surface area (Å²) < 4.78 is 0. The van der Waals surface area contributed by atoms with Gasteiger partial charge in [-0.3, -0.25) is 0 Å². The number of nitrogens with two attached hydrogens (primary N) is 1. The van der Waals surface area contributed by atoms with Crippen LogP contribution in [0.25, 0.3) is 11.2 Å². The first-order valence-corrected chi connectivity index (χ1v) is 5.06. The molecule has 0 bridgehead atoms. The van der Waals surface area contributed by atoms with Gasteiger partial charge in [0.15, 0.2) is 17.4 Å². The molecule has 3 heterocycles. The van der Waals surface area contributed by atoms with Gasteiger partial charge in [-0.1, -0.05) is 0 Å². The maximum atomic E-state index is 5.61. The first-order chi connectivity index (χ1) is 7.34. The van der Waals surface area contributed by atoms with Crippen LogP contribution in [0.15, 0.2) is 6.33 Å². The van der Waals surface area contributed by atoms with E-state index in [0.29, 0.717) is 11.6 Å². The molecule has 0 amide bonds. The van der Waals surface area contributed by atoms with E-state index in [1.54, 1.807) is 0 Å². The smallest absolute Gasteiger partial charge is 0.200 e. The molecular weight excluding hydrogens is 192 g/mol. The first kappa shape index (κ1) is 8.46. The number of H-pyrrole nitrogens is 1. The van der Waals surface area contributed by atoms with Gasteiger partial charge in [-0.25, -0.2) is 9.97 Å². The molecule has 0 spiro atoms. The van der Waals surface area contributed by atoms with Crippen molar-refractivity contribution in [3.05, 3.63) is 6.33 Å². The topological polar surface area (TPSA) is 83.7 Å². The lowest BCUT2D eigenvalue weighted by Gasteiger charge is -2.15. The van der Waals surface area contributed by atoms with E-state index in [4.69, 9.17) is 5.73 Å². The van der Waals surface area contributed by atoms with E-state index >= 15 is 0 Å². The highest BCUT2D eigenvalue weighted by Crippen LogP contribution is 2.24. The van der Waals surface area contributed by atoms with Gasteiger partial charge in [-0.05, 0) is 12.8 Å². The number of rotatable bonds is 1. The van der Waals surface area contributed by atoms with Crippen molar-refractivity contribution in [3.63, 3.8) is 0 Å². The molecule has 6 heteroatoms. The van der Waals surface area contributed by atoms with Crippen LogP contribution in [0.3, 0.4) is 0 Å². The second kappa shape index (κ2) is 3.08. The van der Waals surface area contributed by atoms with E-state index in [0.717, 1.165) is 24.4 Å². The molecule has 0 aliphatic carbocycles. The van der Waals surface area contributed by atoms with Crippen molar-refractivity contribution in [3.8, 4) is 0 Å². The molecule has 0 radical (unpaired) electrons. The van der Waals surface area contributed by atoms with Gasteiger partial charge in [0.1, 0.15) is 11.8 Å². The van der Waals surface area contributed by atoms with Crippen molar-refractivity contribution >= 4 is 22.9 Å². The fourth-order valence-corrected chi connectivity index (χ4v) is 2.00. The number of hydrogen-bond acceptors (Lipinski definition) is 5. The molecule has 2 aromatic heterocycles. The number of aromatic nitrogens is 4. The standard InChI is InChI=1S/C9H12N6/c10-9-13-6-7(14-9)11-5-12-8(6)15-3-1-2-4-15/h5H,1-4H2,(H3,10,11,12,13,14). The van der Waals surface area contributed by atoms with Gasteiger partial charge in [0, 0.05) is 13.1 Å². The predicted octanol–water partition coefficient (Wildman–Crippen LogP) is 0.535.